The summed E-state index contributed by atoms with van der Waals surface area (Å²) >= 11 is 0. The minimum absolute atomic E-state index is 0.347. The first-order chi connectivity index (χ1) is 8.17. The fourth-order valence-electron chi connectivity index (χ4n) is 2.48. The Labute approximate surface area is 101 Å². The molecule has 0 aromatic carbocycles. The average Bonchev–Trinajstić information content (AvgIpc) is 2.63. The molecule has 1 aliphatic rings. The Morgan fingerprint density at radius 3 is 2.59 bits per heavy atom. The third-order valence-corrected chi connectivity index (χ3v) is 3.43. The predicted octanol–water partition coefficient (Wildman–Crippen LogP) is 1.16. The molecule has 17 heavy (non-hydrogen) atoms. The number of rotatable bonds is 3. The Morgan fingerprint density at radius 2 is 2.06 bits per heavy atom. The van der Waals surface area contributed by atoms with Crippen LogP contribution < -0.4 is 4.90 Å². The molecule has 1 aromatic rings. The number of hydrogen-bond acceptors (Lipinski definition) is 4. The normalized spacial score (nSPS) is 17.5. The Hall–Kier alpha value is -1.36. The number of hydrogen-bond donors (Lipinski definition) is 0. The van der Waals surface area contributed by atoms with Crippen molar-refractivity contribution < 1.29 is 9.53 Å². The van der Waals surface area contributed by atoms with Crippen molar-refractivity contribution in [2.24, 2.45) is 7.05 Å². The quantitative estimate of drug-likeness (QED) is 0.740. The van der Waals surface area contributed by atoms with Crippen LogP contribution in [0.4, 0.5) is 5.82 Å². The topological polar surface area (TPSA) is 47.4 Å². The zero-order valence-electron chi connectivity index (χ0n) is 10.6. The largest absolute Gasteiger partial charge is 0.381 e. The number of methoxy groups -OCH3 is 1. The maximum Gasteiger partial charge on any atom is 0.155 e. The molecule has 0 atom stereocenters. The van der Waals surface area contributed by atoms with E-state index in [9.17, 15) is 4.79 Å². The molecule has 2 rings (SSSR count). The van der Waals surface area contributed by atoms with Crippen LogP contribution in [0.15, 0.2) is 0 Å². The average molecular weight is 237 g/mol. The molecule has 1 fully saturated rings. The highest BCUT2D eigenvalue weighted by molar-refractivity contribution is 5.84. The number of carbonyl (C=O) groups is 1. The molecular formula is C12H19N3O2. The van der Waals surface area contributed by atoms with E-state index in [0.29, 0.717) is 11.7 Å². The smallest absolute Gasteiger partial charge is 0.155 e. The summed E-state index contributed by atoms with van der Waals surface area (Å²) in [6, 6.07) is 0. The van der Waals surface area contributed by atoms with E-state index in [1.807, 2.05) is 14.0 Å². The van der Waals surface area contributed by atoms with Gasteiger partial charge in [0.1, 0.15) is 5.82 Å². The number of aldehydes is 1. The van der Waals surface area contributed by atoms with Crippen LogP contribution in [0.5, 0.6) is 0 Å². The van der Waals surface area contributed by atoms with E-state index in [4.69, 9.17) is 4.74 Å². The van der Waals surface area contributed by atoms with E-state index in [-0.39, 0.29) is 0 Å². The number of anilines is 1. The Bertz CT molecular complexity index is 406. The van der Waals surface area contributed by atoms with Crippen molar-refractivity contribution in [3.8, 4) is 0 Å². The van der Waals surface area contributed by atoms with Crippen molar-refractivity contribution in [2.45, 2.75) is 25.9 Å². The van der Waals surface area contributed by atoms with Gasteiger partial charge in [-0.25, -0.2) is 0 Å². The summed E-state index contributed by atoms with van der Waals surface area (Å²) in [5, 5.41) is 4.31. The first-order valence-corrected chi connectivity index (χ1v) is 5.94. The van der Waals surface area contributed by atoms with E-state index in [2.05, 4.69) is 10.00 Å². The molecular weight excluding hydrogens is 218 g/mol. The van der Waals surface area contributed by atoms with Gasteiger partial charge >= 0.3 is 0 Å². The molecule has 0 bridgehead atoms. The van der Waals surface area contributed by atoms with Gasteiger partial charge in [0.15, 0.2) is 6.29 Å². The molecule has 5 nitrogen and oxygen atoms in total. The predicted molar refractivity (Wildman–Crippen MR) is 65.6 cm³/mol. The fourth-order valence-corrected chi connectivity index (χ4v) is 2.48. The van der Waals surface area contributed by atoms with Gasteiger partial charge in [0.2, 0.25) is 0 Å². The molecule has 2 heterocycles. The van der Waals surface area contributed by atoms with E-state index < -0.39 is 0 Å². The molecule has 1 saturated heterocycles. The highest BCUT2D eigenvalue weighted by Gasteiger charge is 2.24. The van der Waals surface area contributed by atoms with Crippen LogP contribution in [0.2, 0.25) is 0 Å². The van der Waals surface area contributed by atoms with Gasteiger partial charge in [-0.05, 0) is 19.8 Å². The molecule has 1 aliphatic heterocycles. The zero-order valence-corrected chi connectivity index (χ0v) is 10.6. The molecule has 5 heteroatoms. The lowest BCUT2D eigenvalue weighted by Crippen LogP contribution is -2.38. The van der Waals surface area contributed by atoms with Crippen LogP contribution >= 0.6 is 0 Å². The molecule has 0 aliphatic carbocycles. The molecule has 0 saturated carbocycles. The maximum atomic E-state index is 11.1. The molecule has 94 valence electrons. The molecule has 0 unspecified atom stereocenters. The SMILES string of the molecule is COC1CCN(c2c(C=O)c(C)nn2C)CC1. The first kappa shape index (κ1) is 12.1. The fraction of sp³-hybridized carbons (Fsp3) is 0.667. The van der Waals surface area contributed by atoms with Gasteiger partial charge in [-0.3, -0.25) is 9.48 Å². The molecule has 0 spiro atoms. The summed E-state index contributed by atoms with van der Waals surface area (Å²) in [7, 11) is 3.64. The van der Waals surface area contributed by atoms with Gasteiger partial charge in [0, 0.05) is 27.2 Å². The van der Waals surface area contributed by atoms with Crippen LogP contribution in [-0.2, 0) is 11.8 Å². The minimum Gasteiger partial charge on any atom is -0.381 e. The van der Waals surface area contributed by atoms with Crippen molar-refractivity contribution in [2.75, 3.05) is 25.1 Å². The van der Waals surface area contributed by atoms with Gasteiger partial charge in [0.05, 0.1) is 17.4 Å². The van der Waals surface area contributed by atoms with Crippen molar-refractivity contribution in [3.63, 3.8) is 0 Å². The van der Waals surface area contributed by atoms with E-state index in [1.54, 1.807) is 11.8 Å². The molecule has 1 aromatic heterocycles. The number of ether oxygens (including phenoxy) is 1. The standard InChI is InChI=1S/C12H19N3O2/c1-9-11(8-16)12(14(2)13-9)15-6-4-10(17-3)5-7-15/h8,10H,4-7H2,1-3H3. The van der Waals surface area contributed by atoms with Crippen LogP contribution in [0.3, 0.4) is 0 Å². The minimum atomic E-state index is 0.347. The number of carbonyl (C=O) groups excluding carboxylic acids is 1. The third kappa shape index (κ3) is 2.20. The third-order valence-electron chi connectivity index (χ3n) is 3.43. The monoisotopic (exact) mass is 237 g/mol. The Kier molecular flexibility index (Phi) is 3.47. The van der Waals surface area contributed by atoms with Crippen molar-refractivity contribution >= 4 is 12.1 Å². The Morgan fingerprint density at radius 1 is 1.41 bits per heavy atom. The molecule has 0 amide bonds. The van der Waals surface area contributed by atoms with Crippen molar-refractivity contribution in [3.05, 3.63) is 11.3 Å². The van der Waals surface area contributed by atoms with Gasteiger partial charge in [-0.15, -0.1) is 0 Å². The second-order valence-corrected chi connectivity index (χ2v) is 4.49. The van der Waals surface area contributed by atoms with Crippen molar-refractivity contribution in [1.82, 2.24) is 9.78 Å². The van der Waals surface area contributed by atoms with Gasteiger partial charge < -0.3 is 9.64 Å². The van der Waals surface area contributed by atoms with Gasteiger partial charge in [0.25, 0.3) is 0 Å². The highest BCUT2D eigenvalue weighted by Crippen LogP contribution is 2.25. The van der Waals surface area contributed by atoms with Crippen LogP contribution in [0.1, 0.15) is 28.9 Å². The van der Waals surface area contributed by atoms with Crippen LogP contribution in [0, 0.1) is 6.92 Å². The number of aromatic nitrogens is 2. The molecule has 0 radical (unpaired) electrons. The number of nitrogens with zero attached hydrogens (tertiary/aromatic N) is 3. The van der Waals surface area contributed by atoms with E-state index in [1.165, 1.54) is 0 Å². The lowest BCUT2D eigenvalue weighted by Gasteiger charge is -2.32. The van der Waals surface area contributed by atoms with E-state index >= 15 is 0 Å². The second-order valence-electron chi connectivity index (χ2n) is 4.49. The van der Waals surface area contributed by atoms with Crippen molar-refractivity contribution in [1.29, 1.82) is 0 Å². The summed E-state index contributed by atoms with van der Waals surface area (Å²) in [4.78, 5) is 13.3. The summed E-state index contributed by atoms with van der Waals surface area (Å²) in [6.45, 7) is 3.70. The zero-order chi connectivity index (χ0) is 12.4. The summed E-state index contributed by atoms with van der Waals surface area (Å²) < 4.78 is 7.15. The van der Waals surface area contributed by atoms with Gasteiger partial charge in [-0.2, -0.15) is 5.10 Å². The summed E-state index contributed by atoms with van der Waals surface area (Å²) in [6.07, 6.45) is 3.25. The first-order valence-electron chi connectivity index (χ1n) is 5.94. The van der Waals surface area contributed by atoms with E-state index in [0.717, 1.165) is 43.7 Å². The van der Waals surface area contributed by atoms with Crippen LogP contribution in [-0.4, -0.2) is 42.4 Å². The lowest BCUT2D eigenvalue weighted by atomic mass is 10.1. The summed E-state index contributed by atoms with van der Waals surface area (Å²) in [5.74, 6) is 0.937. The molecule has 0 N–H and O–H groups in total. The Balaban J connectivity index is 2.20. The number of aryl methyl sites for hydroxylation is 2. The maximum absolute atomic E-state index is 11.1. The summed E-state index contributed by atoms with van der Waals surface area (Å²) in [5.41, 5.74) is 1.51. The number of piperidine rings is 1. The lowest BCUT2D eigenvalue weighted by molar-refractivity contribution is 0.0816. The highest BCUT2D eigenvalue weighted by atomic mass is 16.5. The second kappa shape index (κ2) is 4.87. The van der Waals surface area contributed by atoms with Crippen LogP contribution in [0.25, 0.3) is 0 Å². The van der Waals surface area contributed by atoms with Gasteiger partial charge in [-0.1, -0.05) is 0 Å².